The average Bonchev–Trinajstić information content (AvgIpc) is 2.76. The van der Waals surface area contributed by atoms with Gasteiger partial charge in [0.1, 0.15) is 0 Å². The topological polar surface area (TPSA) is 66.3 Å². The summed E-state index contributed by atoms with van der Waals surface area (Å²) in [4.78, 5) is 13.7. The highest BCUT2D eigenvalue weighted by Gasteiger charge is 2.10. The highest BCUT2D eigenvalue weighted by atomic mass is 79.9. The van der Waals surface area contributed by atoms with Gasteiger partial charge >= 0.3 is 5.97 Å². The first-order chi connectivity index (χ1) is 8.95. The fourth-order valence-corrected chi connectivity index (χ4v) is 3.75. The molecular weight excluding hydrogens is 350 g/mol. The number of carboxylic acid groups (broad SMARTS) is 1. The quantitative estimate of drug-likeness (QED) is 0.903. The molecule has 1 N–H and O–H groups in total. The maximum atomic E-state index is 11.0. The van der Waals surface area contributed by atoms with Crippen molar-refractivity contribution in [3.8, 4) is 0 Å². The molecule has 1 heterocycles. The van der Waals surface area contributed by atoms with Gasteiger partial charge in [-0.3, -0.25) is 0 Å². The van der Waals surface area contributed by atoms with Crippen LogP contribution >= 0.6 is 39.0 Å². The Bertz CT molecular complexity index is 616. The van der Waals surface area contributed by atoms with E-state index >= 15 is 0 Å². The minimum Gasteiger partial charge on any atom is -0.478 e. The summed E-state index contributed by atoms with van der Waals surface area (Å²) in [5.41, 5.74) is 0.245. The van der Waals surface area contributed by atoms with Crippen molar-refractivity contribution >= 4 is 50.1 Å². The predicted molar refractivity (Wildman–Crippen MR) is 79.5 cm³/mol. The van der Waals surface area contributed by atoms with Crippen LogP contribution in [0.5, 0.6) is 0 Å². The number of benzene rings is 1. The van der Waals surface area contributed by atoms with Crippen molar-refractivity contribution in [1.29, 1.82) is 0 Å². The van der Waals surface area contributed by atoms with Crippen LogP contribution < -0.4 is 4.90 Å². The highest BCUT2D eigenvalue weighted by Crippen LogP contribution is 2.34. The number of aromatic carboxylic acids is 1. The summed E-state index contributed by atoms with van der Waals surface area (Å²) in [5, 5.41) is 17.9. The van der Waals surface area contributed by atoms with Gasteiger partial charge in [0, 0.05) is 23.5 Å². The van der Waals surface area contributed by atoms with E-state index in [0.717, 1.165) is 18.8 Å². The van der Waals surface area contributed by atoms with Gasteiger partial charge in [0.05, 0.1) is 5.56 Å². The summed E-state index contributed by atoms with van der Waals surface area (Å²) in [5.74, 6) is -0.950. The lowest BCUT2D eigenvalue weighted by molar-refractivity contribution is 0.0696. The maximum absolute atomic E-state index is 11.0. The van der Waals surface area contributed by atoms with Crippen LogP contribution in [0.1, 0.15) is 10.4 Å². The van der Waals surface area contributed by atoms with Crippen LogP contribution in [0.25, 0.3) is 0 Å². The summed E-state index contributed by atoms with van der Waals surface area (Å²) in [6.07, 6.45) is 0. The molecule has 0 aliphatic heterocycles. The second-order valence-corrected chi connectivity index (χ2v) is 7.02. The van der Waals surface area contributed by atoms with E-state index in [-0.39, 0.29) is 5.56 Å². The molecule has 0 radical (unpaired) electrons. The SMILES string of the molecule is CN(C)c1nnc(Sc2cc(Br)cc(C(=O)O)c2)s1. The van der Waals surface area contributed by atoms with Crippen LogP contribution in [-0.2, 0) is 0 Å². The molecule has 100 valence electrons. The molecule has 0 fully saturated rings. The van der Waals surface area contributed by atoms with E-state index in [1.54, 1.807) is 12.1 Å². The number of aromatic nitrogens is 2. The zero-order valence-corrected chi connectivity index (χ0v) is 13.3. The van der Waals surface area contributed by atoms with Crippen molar-refractivity contribution in [2.75, 3.05) is 19.0 Å². The third-order valence-electron chi connectivity index (χ3n) is 2.10. The molecule has 1 aromatic heterocycles. The van der Waals surface area contributed by atoms with Crippen LogP contribution in [0, 0.1) is 0 Å². The lowest BCUT2D eigenvalue weighted by atomic mass is 10.2. The molecule has 0 saturated carbocycles. The smallest absolute Gasteiger partial charge is 0.335 e. The van der Waals surface area contributed by atoms with Crippen molar-refractivity contribution in [2.45, 2.75) is 9.24 Å². The lowest BCUT2D eigenvalue weighted by Crippen LogP contribution is -2.07. The Balaban J connectivity index is 2.24. The van der Waals surface area contributed by atoms with E-state index in [9.17, 15) is 4.79 Å². The highest BCUT2D eigenvalue weighted by molar-refractivity contribution is 9.10. The van der Waals surface area contributed by atoms with Crippen molar-refractivity contribution in [1.82, 2.24) is 10.2 Å². The van der Waals surface area contributed by atoms with Gasteiger partial charge in [-0.15, -0.1) is 10.2 Å². The van der Waals surface area contributed by atoms with Gasteiger partial charge in [0.25, 0.3) is 0 Å². The van der Waals surface area contributed by atoms with Crippen molar-refractivity contribution in [3.05, 3.63) is 28.2 Å². The average molecular weight is 360 g/mol. The van der Waals surface area contributed by atoms with Crippen molar-refractivity contribution < 1.29 is 9.90 Å². The minimum atomic E-state index is -0.950. The number of hydrogen-bond acceptors (Lipinski definition) is 6. The van der Waals surface area contributed by atoms with Gasteiger partial charge in [-0.25, -0.2) is 4.79 Å². The molecule has 5 nitrogen and oxygen atoms in total. The third kappa shape index (κ3) is 3.68. The maximum Gasteiger partial charge on any atom is 0.335 e. The zero-order chi connectivity index (χ0) is 14.0. The van der Waals surface area contributed by atoms with Crippen LogP contribution in [0.2, 0.25) is 0 Å². The molecule has 0 saturated heterocycles. The molecule has 0 bridgehead atoms. The Labute approximate surface area is 126 Å². The normalized spacial score (nSPS) is 10.5. The number of anilines is 1. The molecule has 19 heavy (non-hydrogen) atoms. The standard InChI is InChI=1S/C11H10BrN3O2S2/c1-15(2)10-13-14-11(19-10)18-8-4-6(9(16)17)3-7(12)5-8/h3-5H,1-2H3,(H,16,17). The monoisotopic (exact) mass is 359 g/mol. The fourth-order valence-electron chi connectivity index (χ4n) is 1.27. The van der Waals surface area contributed by atoms with Gasteiger partial charge in [-0.05, 0) is 18.2 Å². The molecule has 0 amide bonds. The second-order valence-electron chi connectivity index (χ2n) is 3.83. The number of carbonyl (C=O) groups is 1. The first-order valence-corrected chi connectivity index (χ1v) is 7.61. The van der Waals surface area contributed by atoms with Gasteiger partial charge in [0.15, 0.2) is 4.34 Å². The Morgan fingerprint density at radius 2 is 2.11 bits per heavy atom. The van der Waals surface area contributed by atoms with Crippen molar-refractivity contribution in [3.63, 3.8) is 0 Å². The summed E-state index contributed by atoms with van der Waals surface area (Å²) >= 11 is 6.16. The molecule has 0 unspecified atom stereocenters. The largest absolute Gasteiger partial charge is 0.478 e. The van der Waals surface area contributed by atoms with Gasteiger partial charge < -0.3 is 10.0 Å². The van der Waals surface area contributed by atoms with E-state index in [0.29, 0.717) is 0 Å². The summed E-state index contributed by atoms with van der Waals surface area (Å²) in [6, 6.07) is 5.04. The number of hydrogen-bond donors (Lipinski definition) is 1. The van der Waals surface area contributed by atoms with E-state index < -0.39 is 5.97 Å². The molecule has 2 rings (SSSR count). The molecular formula is C11H10BrN3O2S2. The molecule has 1 aromatic carbocycles. The van der Waals surface area contributed by atoms with E-state index in [1.165, 1.54) is 23.1 Å². The first kappa shape index (κ1) is 14.3. The summed E-state index contributed by atoms with van der Waals surface area (Å²) in [6.45, 7) is 0. The zero-order valence-electron chi connectivity index (χ0n) is 10.1. The Hall–Kier alpha value is -1.12. The molecule has 8 heteroatoms. The van der Waals surface area contributed by atoms with Gasteiger partial charge in [-0.1, -0.05) is 39.0 Å². The fraction of sp³-hybridized carbons (Fsp3) is 0.182. The van der Waals surface area contributed by atoms with Crippen LogP contribution in [-0.4, -0.2) is 35.4 Å². The van der Waals surface area contributed by atoms with Crippen LogP contribution in [0.3, 0.4) is 0 Å². The Morgan fingerprint density at radius 1 is 1.37 bits per heavy atom. The van der Waals surface area contributed by atoms with Crippen LogP contribution in [0.4, 0.5) is 5.13 Å². The lowest BCUT2D eigenvalue weighted by Gasteiger charge is -2.04. The minimum absolute atomic E-state index is 0.245. The van der Waals surface area contributed by atoms with E-state index in [2.05, 4.69) is 26.1 Å². The predicted octanol–water partition coefficient (Wildman–Crippen LogP) is 3.22. The second kappa shape index (κ2) is 5.89. The van der Waals surface area contributed by atoms with Gasteiger partial charge in [-0.2, -0.15) is 0 Å². The first-order valence-electron chi connectivity index (χ1n) is 5.18. The number of carboxylic acids is 1. The summed E-state index contributed by atoms with van der Waals surface area (Å²) < 4.78 is 1.50. The van der Waals surface area contributed by atoms with Crippen LogP contribution in [0.15, 0.2) is 31.9 Å². The molecule has 0 aliphatic rings. The Morgan fingerprint density at radius 3 is 2.68 bits per heavy atom. The Kier molecular flexibility index (Phi) is 4.43. The molecule has 0 aliphatic carbocycles. The number of nitrogens with zero attached hydrogens (tertiary/aromatic N) is 3. The van der Waals surface area contributed by atoms with Gasteiger partial charge in [0.2, 0.25) is 5.13 Å². The molecule has 0 atom stereocenters. The van der Waals surface area contributed by atoms with E-state index in [1.807, 2.05) is 25.1 Å². The summed E-state index contributed by atoms with van der Waals surface area (Å²) in [7, 11) is 3.80. The van der Waals surface area contributed by atoms with E-state index in [4.69, 9.17) is 5.11 Å². The number of rotatable bonds is 4. The molecule has 2 aromatic rings. The number of halogens is 1. The third-order valence-corrected chi connectivity index (χ3v) is 4.67. The van der Waals surface area contributed by atoms with Crippen molar-refractivity contribution in [2.24, 2.45) is 0 Å². The molecule has 0 spiro atoms.